The molecule has 3 unspecified atom stereocenters. The third-order valence-corrected chi connectivity index (χ3v) is 3.37. The van der Waals surface area contributed by atoms with Crippen LogP contribution < -0.4 is 0 Å². The van der Waals surface area contributed by atoms with Gasteiger partial charge >= 0.3 is 7.60 Å². The second-order valence-corrected chi connectivity index (χ2v) is 4.96. The maximum atomic E-state index is 11.0. The lowest BCUT2D eigenvalue weighted by atomic mass is 10.3. The predicted octanol–water partition coefficient (Wildman–Crippen LogP) is -0.121. The molecule has 4 N–H and O–H groups in total. The average Bonchev–Trinajstić information content (AvgIpc) is 1.95. The fourth-order valence-electron chi connectivity index (χ4n) is 1.43. The van der Waals surface area contributed by atoms with Crippen molar-refractivity contribution in [1.82, 2.24) is 4.90 Å². The Kier molecular flexibility index (Phi) is 5.22. The van der Waals surface area contributed by atoms with Crippen molar-refractivity contribution in [2.75, 3.05) is 0 Å². The van der Waals surface area contributed by atoms with Crippen LogP contribution in [0, 0.1) is 0 Å². The highest BCUT2D eigenvalue weighted by Gasteiger charge is 2.37. The summed E-state index contributed by atoms with van der Waals surface area (Å²) >= 11 is 0. The van der Waals surface area contributed by atoms with Crippen molar-refractivity contribution in [3.63, 3.8) is 0 Å². The molecular formula is C7H18NO5P. The molecule has 0 aliphatic heterocycles. The molecule has 0 bridgehead atoms. The van der Waals surface area contributed by atoms with Crippen molar-refractivity contribution < 1.29 is 24.6 Å². The number of hydrogen-bond acceptors (Lipinski definition) is 4. The van der Waals surface area contributed by atoms with Gasteiger partial charge in [0.25, 0.3) is 0 Å². The van der Waals surface area contributed by atoms with Crippen LogP contribution in [0.25, 0.3) is 0 Å². The average molecular weight is 227 g/mol. The molecule has 0 heterocycles. The van der Waals surface area contributed by atoms with Gasteiger partial charge in [-0.2, -0.15) is 0 Å². The zero-order valence-corrected chi connectivity index (χ0v) is 9.43. The molecule has 0 aromatic carbocycles. The molecule has 0 aromatic rings. The quantitative estimate of drug-likeness (QED) is 0.386. The van der Waals surface area contributed by atoms with E-state index < -0.39 is 25.8 Å². The highest BCUT2D eigenvalue weighted by Crippen LogP contribution is 2.45. The van der Waals surface area contributed by atoms with Crippen LogP contribution in [0.15, 0.2) is 0 Å². The van der Waals surface area contributed by atoms with Gasteiger partial charge in [0, 0.05) is 0 Å². The standard InChI is InChI=1S/C7H18NO5P/c1-4-7(14(11,12)13)8(5(2)9)6(3)10/h5-7,9-10H,4H2,1-3H3,(H2,11,12,13). The van der Waals surface area contributed by atoms with E-state index in [2.05, 4.69) is 0 Å². The maximum Gasteiger partial charge on any atom is 0.342 e. The van der Waals surface area contributed by atoms with E-state index in [1.165, 1.54) is 13.8 Å². The monoisotopic (exact) mass is 227 g/mol. The van der Waals surface area contributed by atoms with E-state index in [1.807, 2.05) is 0 Å². The normalized spacial score (nSPS) is 19.4. The Morgan fingerprint density at radius 3 is 1.64 bits per heavy atom. The summed E-state index contributed by atoms with van der Waals surface area (Å²) in [5, 5.41) is 18.5. The summed E-state index contributed by atoms with van der Waals surface area (Å²) in [6.07, 6.45) is -2.06. The molecule has 0 aromatic heterocycles. The summed E-state index contributed by atoms with van der Waals surface area (Å²) < 4.78 is 11.0. The summed E-state index contributed by atoms with van der Waals surface area (Å²) in [5.41, 5.74) is 0. The van der Waals surface area contributed by atoms with Crippen LogP contribution in [0.3, 0.4) is 0 Å². The van der Waals surface area contributed by atoms with Crippen LogP contribution in [0.4, 0.5) is 0 Å². The number of aliphatic hydroxyl groups excluding tert-OH is 2. The molecular weight excluding hydrogens is 209 g/mol. The van der Waals surface area contributed by atoms with E-state index in [0.29, 0.717) is 0 Å². The molecule has 0 radical (unpaired) electrons. The lowest BCUT2D eigenvalue weighted by Gasteiger charge is -2.35. The SMILES string of the molecule is CCC(N(C(C)O)C(C)O)P(=O)(O)O. The third kappa shape index (κ3) is 3.65. The molecule has 0 amide bonds. The van der Waals surface area contributed by atoms with Crippen molar-refractivity contribution in [3.05, 3.63) is 0 Å². The summed E-state index contributed by atoms with van der Waals surface area (Å²) in [6, 6.07) is 0. The Labute approximate surface area is 83.3 Å². The highest BCUT2D eigenvalue weighted by atomic mass is 31.2. The Balaban J connectivity index is 4.87. The van der Waals surface area contributed by atoms with E-state index in [-0.39, 0.29) is 6.42 Å². The smallest absolute Gasteiger partial charge is 0.342 e. The first-order valence-electron chi connectivity index (χ1n) is 4.40. The Hall–Kier alpha value is 0.0300. The lowest BCUT2D eigenvalue weighted by molar-refractivity contribution is -0.0970. The fraction of sp³-hybridized carbons (Fsp3) is 1.00. The number of hydrogen-bond donors (Lipinski definition) is 4. The molecule has 0 saturated carbocycles. The Bertz CT molecular complexity index is 206. The maximum absolute atomic E-state index is 11.0. The second kappa shape index (κ2) is 5.21. The summed E-state index contributed by atoms with van der Waals surface area (Å²) in [4.78, 5) is 19.0. The number of rotatable bonds is 5. The molecule has 7 heteroatoms. The van der Waals surface area contributed by atoms with E-state index in [4.69, 9.17) is 9.79 Å². The zero-order chi connectivity index (χ0) is 11.5. The van der Waals surface area contributed by atoms with Gasteiger partial charge in [-0.15, -0.1) is 0 Å². The first-order valence-corrected chi connectivity index (χ1v) is 6.08. The van der Waals surface area contributed by atoms with Gasteiger partial charge in [0.2, 0.25) is 0 Å². The second-order valence-electron chi connectivity index (χ2n) is 3.19. The van der Waals surface area contributed by atoms with Crippen LogP contribution in [-0.4, -0.2) is 43.1 Å². The fourth-order valence-corrected chi connectivity index (χ4v) is 2.64. The molecule has 0 saturated heterocycles. The molecule has 0 fully saturated rings. The van der Waals surface area contributed by atoms with Gasteiger partial charge in [-0.3, -0.25) is 4.57 Å². The van der Waals surface area contributed by atoms with Crippen LogP contribution in [0.5, 0.6) is 0 Å². The van der Waals surface area contributed by atoms with Crippen molar-refractivity contribution in [1.29, 1.82) is 0 Å². The first-order chi connectivity index (χ1) is 6.21. The minimum atomic E-state index is -4.33. The van der Waals surface area contributed by atoms with Gasteiger partial charge < -0.3 is 20.0 Å². The molecule has 0 aliphatic rings. The van der Waals surface area contributed by atoms with Gasteiger partial charge in [0.15, 0.2) is 0 Å². The molecule has 0 aliphatic carbocycles. The van der Waals surface area contributed by atoms with Crippen molar-refractivity contribution in [2.24, 2.45) is 0 Å². The lowest BCUT2D eigenvalue weighted by Crippen LogP contribution is -2.46. The minimum absolute atomic E-state index is 0.153. The topological polar surface area (TPSA) is 101 Å². The van der Waals surface area contributed by atoms with Gasteiger partial charge in [-0.05, 0) is 20.3 Å². The van der Waals surface area contributed by atoms with Crippen LogP contribution >= 0.6 is 7.60 Å². The van der Waals surface area contributed by atoms with Gasteiger partial charge in [0.1, 0.15) is 18.2 Å². The minimum Gasteiger partial charge on any atom is -0.379 e. The highest BCUT2D eigenvalue weighted by molar-refractivity contribution is 7.52. The van der Waals surface area contributed by atoms with Crippen LogP contribution in [-0.2, 0) is 4.57 Å². The van der Waals surface area contributed by atoms with Crippen LogP contribution in [0.1, 0.15) is 27.2 Å². The van der Waals surface area contributed by atoms with Gasteiger partial charge in [-0.25, -0.2) is 4.90 Å². The predicted molar refractivity (Wildman–Crippen MR) is 51.3 cm³/mol. The third-order valence-electron chi connectivity index (χ3n) is 1.96. The first kappa shape index (κ1) is 14.0. The number of aliphatic hydroxyl groups is 2. The molecule has 0 rings (SSSR count). The Morgan fingerprint density at radius 2 is 1.57 bits per heavy atom. The molecule has 6 nitrogen and oxygen atoms in total. The largest absolute Gasteiger partial charge is 0.379 e. The summed E-state index contributed by atoms with van der Waals surface area (Å²) in [7, 11) is -4.33. The molecule has 14 heavy (non-hydrogen) atoms. The number of nitrogens with zero attached hydrogens (tertiary/aromatic N) is 1. The molecule has 3 atom stereocenters. The van der Waals surface area contributed by atoms with E-state index in [0.717, 1.165) is 4.90 Å². The van der Waals surface area contributed by atoms with E-state index >= 15 is 0 Å². The van der Waals surface area contributed by atoms with Gasteiger partial charge in [-0.1, -0.05) is 6.92 Å². The molecule has 0 spiro atoms. The van der Waals surface area contributed by atoms with Crippen molar-refractivity contribution >= 4 is 7.60 Å². The van der Waals surface area contributed by atoms with E-state index in [1.54, 1.807) is 6.92 Å². The van der Waals surface area contributed by atoms with Gasteiger partial charge in [0.05, 0.1) is 0 Å². The molecule has 86 valence electrons. The van der Waals surface area contributed by atoms with Crippen molar-refractivity contribution in [3.8, 4) is 0 Å². The van der Waals surface area contributed by atoms with Crippen molar-refractivity contribution in [2.45, 2.75) is 45.4 Å². The Morgan fingerprint density at radius 1 is 1.21 bits per heavy atom. The zero-order valence-electron chi connectivity index (χ0n) is 8.53. The van der Waals surface area contributed by atoms with Crippen LogP contribution in [0.2, 0.25) is 0 Å². The summed E-state index contributed by atoms with van der Waals surface area (Å²) in [5.74, 6) is -1.15. The van der Waals surface area contributed by atoms with E-state index in [9.17, 15) is 14.8 Å². The summed E-state index contributed by atoms with van der Waals surface area (Å²) in [6.45, 7) is 4.29.